The molecule has 1 unspecified atom stereocenters. The topological polar surface area (TPSA) is 82.7 Å². The van der Waals surface area contributed by atoms with Crippen LogP contribution in [0.4, 0.5) is 4.79 Å². The molecule has 0 radical (unpaired) electrons. The summed E-state index contributed by atoms with van der Waals surface area (Å²) in [4.78, 5) is 26.4. The molecule has 2 saturated heterocycles. The van der Waals surface area contributed by atoms with Crippen LogP contribution in [0.15, 0.2) is 0 Å². The van der Waals surface area contributed by atoms with Gasteiger partial charge in [-0.25, -0.2) is 4.79 Å². The lowest BCUT2D eigenvalue weighted by atomic mass is 9.96. The molecule has 1 saturated carbocycles. The molecule has 8 heteroatoms. The predicted octanol–water partition coefficient (Wildman–Crippen LogP) is 1.02. The molecule has 1 atom stereocenters. The number of hydrogen-bond donors (Lipinski definition) is 3. The van der Waals surface area contributed by atoms with Gasteiger partial charge in [-0.1, -0.05) is 19.3 Å². The Bertz CT molecular complexity index is 432. The lowest BCUT2D eigenvalue weighted by molar-refractivity contribution is -0.146. The first-order valence-electron chi connectivity index (χ1n) is 9.40. The molecule has 7 nitrogen and oxygen atoms in total. The minimum atomic E-state index is -0.349. The molecule has 0 aromatic rings. The largest absolute Gasteiger partial charge is 0.366 e. The van der Waals surface area contributed by atoms with Crippen molar-refractivity contribution in [3.05, 3.63) is 0 Å². The van der Waals surface area contributed by atoms with Crippen LogP contribution >= 0.6 is 12.4 Å². The van der Waals surface area contributed by atoms with Gasteiger partial charge in [-0.05, 0) is 25.7 Å². The Morgan fingerprint density at radius 1 is 0.960 bits per heavy atom. The number of carbonyl (C=O) groups is 2. The molecule has 0 aromatic heterocycles. The first-order valence-corrected chi connectivity index (χ1v) is 9.40. The maximum absolute atomic E-state index is 12.4. The molecule has 2 aliphatic heterocycles. The van der Waals surface area contributed by atoms with Crippen LogP contribution in [0.1, 0.15) is 44.9 Å². The average Bonchev–Trinajstić information content (AvgIpc) is 2.63. The van der Waals surface area contributed by atoms with Gasteiger partial charge in [-0.2, -0.15) is 0 Å². The molecule has 2 heterocycles. The van der Waals surface area contributed by atoms with Crippen molar-refractivity contribution in [1.29, 1.82) is 0 Å². The Kier molecular flexibility index (Phi) is 8.26. The number of urea groups is 1. The quantitative estimate of drug-likeness (QED) is 0.688. The highest BCUT2D eigenvalue weighted by atomic mass is 35.5. The van der Waals surface area contributed by atoms with E-state index in [1.54, 1.807) is 0 Å². The zero-order valence-electron chi connectivity index (χ0n) is 14.8. The maximum Gasteiger partial charge on any atom is 0.315 e. The monoisotopic (exact) mass is 374 g/mol. The highest BCUT2D eigenvalue weighted by Crippen LogP contribution is 2.17. The molecule has 25 heavy (non-hydrogen) atoms. The third-order valence-electron chi connectivity index (χ3n) is 5.29. The van der Waals surface area contributed by atoms with E-state index in [0.29, 0.717) is 32.3 Å². The number of rotatable bonds is 3. The number of hydrogen-bond acceptors (Lipinski definition) is 4. The van der Waals surface area contributed by atoms with Gasteiger partial charge in [0.05, 0.1) is 6.61 Å². The van der Waals surface area contributed by atoms with Crippen LogP contribution in [-0.2, 0) is 9.53 Å². The zero-order valence-corrected chi connectivity index (χ0v) is 15.6. The van der Waals surface area contributed by atoms with Gasteiger partial charge in [0.1, 0.15) is 6.10 Å². The summed E-state index contributed by atoms with van der Waals surface area (Å²) in [6.45, 7) is 3.38. The molecular weight excluding hydrogens is 344 g/mol. The normalized spacial score (nSPS) is 25.8. The summed E-state index contributed by atoms with van der Waals surface area (Å²) in [5.74, 6) is 0.0762. The van der Waals surface area contributed by atoms with E-state index in [4.69, 9.17) is 4.74 Å². The van der Waals surface area contributed by atoms with Gasteiger partial charge in [-0.15, -0.1) is 12.4 Å². The van der Waals surface area contributed by atoms with Crippen LogP contribution in [0.25, 0.3) is 0 Å². The summed E-state index contributed by atoms with van der Waals surface area (Å²) in [5.41, 5.74) is 0. The van der Waals surface area contributed by atoms with Crippen molar-refractivity contribution in [3.63, 3.8) is 0 Å². The van der Waals surface area contributed by atoms with Crippen molar-refractivity contribution in [3.8, 4) is 0 Å². The third kappa shape index (κ3) is 6.01. The number of morpholine rings is 1. The summed E-state index contributed by atoms with van der Waals surface area (Å²) in [7, 11) is 0. The summed E-state index contributed by atoms with van der Waals surface area (Å²) < 4.78 is 5.54. The molecule has 3 N–H and O–H groups in total. The smallest absolute Gasteiger partial charge is 0.315 e. The molecule has 0 bridgehead atoms. The van der Waals surface area contributed by atoms with Gasteiger partial charge in [0.15, 0.2) is 0 Å². The highest BCUT2D eigenvalue weighted by molar-refractivity contribution is 5.85. The fourth-order valence-electron chi connectivity index (χ4n) is 3.83. The summed E-state index contributed by atoms with van der Waals surface area (Å²) >= 11 is 0. The fourth-order valence-corrected chi connectivity index (χ4v) is 3.83. The number of ether oxygens (including phenoxy) is 1. The lowest BCUT2D eigenvalue weighted by Gasteiger charge is -2.35. The van der Waals surface area contributed by atoms with Crippen molar-refractivity contribution in [2.75, 3.05) is 32.8 Å². The second kappa shape index (κ2) is 10.2. The van der Waals surface area contributed by atoms with Gasteiger partial charge in [0.25, 0.3) is 5.91 Å². The van der Waals surface area contributed by atoms with Gasteiger partial charge in [-0.3, -0.25) is 4.79 Å². The second-order valence-corrected chi connectivity index (χ2v) is 7.12. The average molecular weight is 375 g/mol. The first-order chi connectivity index (χ1) is 11.7. The van der Waals surface area contributed by atoms with E-state index in [-0.39, 0.29) is 36.5 Å². The van der Waals surface area contributed by atoms with E-state index in [9.17, 15) is 9.59 Å². The van der Waals surface area contributed by atoms with E-state index in [1.165, 1.54) is 19.3 Å². The highest BCUT2D eigenvalue weighted by Gasteiger charge is 2.30. The molecule has 3 rings (SSSR count). The minimum absolute atomic E-state index is 0. The van der Waals surface area contributed by atoms with E-state index < -0.39 is 0 Å². The number of likely N-dealkylation sites (tertiary alicyclic amines) is 1. The molecule has 3 aliphatic rings. The molecule has 3 fully saturated rings. The van der Waals surface area contributed by atoms with Crippen molar-refractivity contribution < 1.29 is 14.3 Å². The third-order valence-corrected chi connectivity index (χ3v) is 5.29. The number of nitrogens with one attached hydrogen (secondary N) is 3. The maximum atomic E-state index is 12.4. The number of halogens is 1. The standard InChI is InChI=1S/C17H30N4O3.ClH/c22-16(15-12-18-8-11-24-15)21-9-6-14(7-10-21)20-17(23)19-13-4-2-1-3-5-13;/h13-15,18H,1-12H2,(H2,19,20,23);1H. The predicted molar refractivity (Wildman–Crippen MR) is 98.0 cm³/mol. The molecule has 0 aromatic carbocycles. The Labute approximate surface area is 156 Å². The lowest BCUT2D eigenvalue weighted by Crippen LogP contribution is -2.54. The molecule has 3 amide bonds. The van der Waals surface area contributed by atoms with Crippen LogP contribution in [0, 0.1) is 0 Å². The van der Waals surface area contributed by atoms with Crippen molar-refractivity contribution in [2.45, 2.75) is 63.1 Å². The van der Waals surface area contributed by atoms with Gasteiger partial charge in [0.2, 0.25) is 0 Å². The minimum Gasteiger partial charge on any atom is -0.366 e. The molecular formula is C17H31ClN4O3. The zero-order chi connectivity index (χ0) is 16.8. The summed E-state index contributed by atoms with van der Waals surface area (Å²) in [6.07, 6.45) is 7.16. The van der Waals surface area contributed by atoms with Crippen molar-refractivity contribution in [1.82, 2.24) is 20.9 Å². The van der Waals surface area contributed by atoms with E-state index >= 15 is 0 Å². The van der Waals surface area contributed by atoms with Crippen LogP contribution in [0.5, 0.6) is 0 Å². The molecule has 1 aliphatic carbocycles. The Balaban J connectivity index is 0.00000225. The van der Waals surface area contributed by atoms with Gasteiger partial charge >= 0.3 is 6.03 Å². The van der Waals surface area contributed by atoms with Crippen LogP contribution in [0.2, 0.25) is 0 Å². The Morgan fingerprint density at radius 3 is 2.20 bits per heavy atom. The van der Waals surface area contributed by atoms with Crippen molar-refractivity contribution in [2.24, 2.45) is 0 Å². The van der Waals surface area contributed by atoms with E-state index in [1.807, 2.05) is 4.90 Å². The van der Waals surface area contributed by atoms with E-state index in [2.05, 4.69) is 16.0 Å². The number of piperidine rings is 1. The fraction of sp³-hybridized carbons (Fsp3) is 0.882. The Hall–Kier alpha value is -1.05. The number of amides is 3. The van der Waals surface area contributed by atoms with Crippen LogP contribution in [0.3, 0.4) is 0 Å². The second-order valence-electron chi connectivity index (χ2n) is 7.12. The molecule has 0 spiro atoms. The Morgan fingerprint density at radius 2 is 1.60 bits per heavy atom. The number of nitrogens with zero attached hydrogens (tertiary/aromatic N) is 1. The van der Waals surface area contributed by atoms with Gasteiger partial charge < -0.3 is 25.6 Å². The first kappa shape index (κ1) is 20.3. The van der Waals surface area contributed by atoms with E-state index in [0.717, 1.165) is 32.2 Å². The number of carbonyl (C=O) groups excluding carboxylic acids is 2. The summed E-state index contributed by atoms with van der Waals surface area (Å²) in [6, 6.07) is 0.436. The van der Waals surface area contributed by atoms with Crippen LogP contribution < -0.4 is 16.0 Å². The van der Waals surface area contributed by atoms with Crippen molar-refractivity contribution >= 4 is 24.3 Å². The summed E-state index contributed by atoms with van der Waals surface area (Å²) in [5, 5.41) is 9.36. The SMILES string of the molecule is Cl.O=C(NC1CCCCC1)NC1CCN(C(=O)C2CNCCO2)CC1. The molecule has 144 valence electrons. The van der Waals surface area contributed by atoms with Crippen LogP contribution in [-0.4, -0.2) is 67.8 Å². The van der Waals surface area contributed by atoms with Gasteiger partial charge in [0, 0.05) is 38.3 Å².